The van der Waals surface area contributed by atoms with Gasteiger partial charge >= 0.3 is 0 Å². The minimum atomic E-state index is -3.16. The molecule has 0 saturated carbocycles. The van der Waals surface area contributed by atoms with Crippen molar-refractivity contribution >= 4 is 27.3 Å². The molecule has 2 atom stereocenters. The van der Waals surface area contributed by atoms with E-state index >= 15 is 0 Å². The number of halogens is 1. The lowest BCUT2D eigenvalue weighted by Crippen LogP contribution is -2.40. The molecule has 1 saturated heterocycles. The first kappa shape index (κ1) is 17.1. The van der Waals surface area contributed by atoms with Gasteiger partial charge in [0.1, 0.15) is 5.75 Å². The van der Waals surface area contributed by atoms with Crippen LogP contribution >= 0.6 is 11.6 Å². The number of unbranched alkanes of at least 4 members (excludes halogenated alkanes) is 1. The van der Waals surface area contributed by atoms with Gasteiger partial charge in [0.25, 0.3) is 5.91 Å². The zero-order chi connectivity index (χ0) is 16.2. The minimum Gasteiger partial charge on any atom is -0.494 e. The number of sulfone groups is 1. The summed E-state index contributed by atoms with van der Waals surface area (Å²) >= 11 is 5.98. The van der Waals surface area contributed by atoms with Crippen molar-refractivity contribution < 1.29 is 17.9 Å². The molecule has 1 aromatic carbocycles. The average Bonchev–Trinajstić information content (AvgIpc) is 2.72. The van der Waals surface area contributed by atoms with Gasteiger partial charge < -0.3 is 10.1 Å². The molecule has 0 aromatic heterocycles. The van der Waals surface area contributed by atoms with Gasteiger partial charge in [-0.25, -0.2) is 8.42 Å². The SMILES string of the molecule is CCCCOc1ccc(C(=O)NC2CS(=O)(=O)CC2Cl)cc1. The van der Waals surface area contributed by atoms with E-state index in [-0.39, 0.29) is 17.4 Å². The zero-order valence-corrected chi connectivity index (χ0v) is 14.0. The number of alkyl halides is 1. The molecule has 5 nitrogen and oxygen atoms in total. The van der Waals surface area contributed by atoms with E-state index in [1.807, 2.05) is 0 Å². The summed E-state index contributed by atoms with van der Waals surface area (Å²) in [7, 11) is -3.16. The second kappa shape index (κ2) is 7.33. The first-order chi connectivity index (χ1) is 10.4. The van der Waals surface area contributed by atoms with Crippen molar-refractivity contribution in [2.45, 2.75) is 31.2 Å². The van der Waals surface area contributed by atoms with Gasteiger partial charge in [0.2, 0.25) is 0 Å². The Kier molecular flexibility index (Phi) is 5.69. The first-order valence-corrected chi connectivity index (χ1v) is 9.55. The summed E-state index contributed by atoms with van der Waals surface area (Å²) in [6.45, 7) is 2.74. The van der Waals surface area contributed by atoms with Crippen LogP contribution in [0.5, 0.6) is 5.75 Å². The fraction of sp³-hybridized carbons (Fsp3) is 0.533. The minimum absolute atomic E-state index is 0.0935. The Bertz CT molecular complexity index is 615. The Hall–Kier alpha value is -1.27. The molecule has 122 valence electrons. The first-order valence-electron chi connectivity index (χ1n) is 7.29. The molecular weight excluding hydrogens is 326 g/mol. The molecule has 7 heteroatoms. The predicted octanol–water partition coefficient (Wildman–Crippen LogP) is 2.00. The number of carbonyl (C=O) groups excluding carboxylic acids is 1. The molecule has 2 unspecified atom stereocenters. The molecule has 1 N–H and O–H groups in total. The highest BCUT2D eigenvalue weighted by Crippen LogP contribution is 2.19. The Morgan fingerprint density at radius 2 is 2.00 bits per heavy atom. The molecule has 1 aromatic rings. The largest absolute Gasteiger partial charge is 0.494 e. The van der Waals surface area contributed by atoms with E-state index < -0.39 is 21.3 Å². The van der Waals surface area contributed by atoms with Gasteiger partial charge in [-0.2, -0.15) is 0 Å². The van der Waals surface area contributed by atoms with Gasteiger partial charge in [0.15, 0.2) is 9.84 Å². The second-order valence-corrected chi connectivity index (χ2v) is 8.11. The Morgan fingerprint density at radius 1 is 1.32 bits per heavy atom. The van der Waals surface area contributed by atoms with Crippen molar-refractivity contribution in [3.05, 3.63) is 29.8 Å². The maximum atomic E-state index is 12.1. The van der Waals surface area contributed by atoms with E-state index in [0.717, 1.165) is 12.8 Å². The van der Waals surface area contributed by atoms with Crippen LogP contribution in [0.15, 0.2) is 24.3 Å². The summed E-state index contributed by atoms with van der Waals surface area (Å²) < 4.78 is 28.5. The number of ether oxygens (including phenoxy) is 1. The summed E-state index contributed by atoms with van der Waals surface area (Å²) in [5.41, 5.74) is 0.455. The van der Waals surface area contributed by atoms with Crippen LogP contribution in [0.2, 0.25) is 0 Å². The van der Waals surface area contributed by atoms with Gasteiger partial charge in [0, 0.05) is 5.56 Å². The highest BCUT2D eigenvalue weighted by molar-refractivity contribution is 7.91. The summed E-state index contributed by atoms with van der Waals surface area (Å²) in [6.07, 6.45) is 2.04. The molecule has 1 fully saturated rings. The smallest absolute Gasteiger partial charge is 0.251 e. The molecule has 0 radical (unpaired) electrons. The Balaban J connectivity index is 1.93. The van der Waals surface area contributed by atoms with Gasteiger partial charge in [-0.05, 0) is 30.7 Å². The monoisotopic (exact) mass is 345 g/mol. The summed E-state index contributed by atoms with van der Waals surface area (Å²) in [5.74, 6) is 0.186. The zero-order valence-electron chi connectivity index (χ0n) is 12.4. The van der Waals surface area contributed by atoms with Crippen LogP contribution in [0.25, 0.3) is 0 Å². The van der Waals surface area contributed by atoms with E-state index in [1.54, 1.807) is 24.3 Å². The average molecular weight is 346 g/mol. The third kappa shape index (κ3) is 4.61. The third-order valence-corrected chi connectivity index (χ3v) is 5.86. The van der Waals surface area contributed by atoms with Gasteiger partial charge in [0.05, 0.1) is 29.5 Å². The molecule has 1 aliphatic heterocycles. The van der Waals surface area contributed by atoms with Crippen LogP contribution in [-0.2, 0) is 9.84 Å². The third-order valence-electron chi connectivity index (χ3n) is 3.48. The van der Waals surface area contributed by atoms with Crippen LogP contribution < -0.4 is 10.1 Å². The number of rotatable bonds is 6. The normalized spacial score (nSPS) is 23.2. The van der Waals surface area contributed by atoms with E-state index in [0.29, 0.717) is 17.9 Å². The molecule has 1 amide bonds. The highest BCUT2D eigenvalue weighted by atomic mass is 35.5. The summed E-state index contributed by atoms with van der Waals surface area (Å²) in [4.78, 5) is 12.1. The quantitative estimate of drug-likeness (QED) is 0.632. The molecule has 22 heavy (non-hydrogen) atoms. The van der Waals surface area contributed by atoms with Crippen LogP contribution in [0.1, 0.15) is 30.1 Å². The van der Waals surface area contributed by atoms with Crippen molar-refractivity contribution in [2.75, 3.05) is 18.1 Å². The van der Waals surface area contributed by atoms with E-state index in [9.17, 15) is 13.2 Å². The number of nitrogens with one attached hydrogen (secondary N) is 1. The molecule has 0 spiro atoms. The lowest BCUT2D eigenvalue weighted by molar-refractivity contribution is 0.0941. The maximum Gasteiger partial charge on any atom is 0.251 e. The van der Waals surface area contributed by atoms with Crippen LogP contribution in [0.4, 0.5) is 0 Å². The van der Waals surface area contributed by atoms with E-state index in [1.165, 1.54) is 0 Å². The predicted molar refractivity (Wildman–Crippen MR) is 86.4 cm³/mol. The van der Waals surface area contributed by atoms with Crippen molar-refractivity contribution in [3.8, 4) is 5.75 Å². The molecule has 1 aliphatic rings. The number of amides is 1. The van der Waals surface area contributed by atoms with Gasteiger partial charge in [-0.15, -0.1) is 11.6 Å². The van der Waals surface area contributed by atoms with Crippen molar-refractivity contribution in [2.24, 2.45) is 0 Å². The van der Waals surface area contributed by atoms with Crippen molar-refractivity contribution in [3.63, 3.8) is 0 Å². The number of hydrogen-bond acceptors (Lipinski definition) is 4. The molecule has 0 aliphatic carbocycles. The molecule has 2 rings (SSSR count). The topological polar surface area (TPSA) is 72.5 Å². The van der Waals surface area contributed by atoms with Gasteiger partial charge in [-0.1, -0.05) is 13.3 Å². The number of hydrogen-bond donors (Lipinski definition) is 1. The van der Waals surface area contributed by atoms with Gasteiger partial charge in [-0.3, -0.25) is 4.79 Å². The maximum absolute atomic E-state index is 12.1. The van der Waals surface area contributed by atoms with E-state index in [2.05, 4.69) is 12.2 Å². The van der Waals surface area contributed by atoms with Crippen molar-refractivity contribution in [1.29, 1.82) is 0 Å². The van der Waals surface area contributed by atoms with E-state index in [4.69, 9.17) is 16.3 Å². The highest BCUT2D eigenvalue weighted by Gasteiger charge is 2.37. The lowest BCUT2D eigenvalue weighted by Gasteiger charge is -2.14. The van der Waals surface area contributed by atoms with Crippen LogP contribution in [0, 0.1) is 0 Å². The Labute approximate surface area is 135 Å². The fourth-order valence-electron chi connectivity index (χ4n) is 2.23. The lowest BCUT2D eigenvalue weighted by atomic mass is 10.2. The van der Waals surface area contributed by atoms with Crippen molar-refractivity contribution in [1.82, 2.24) is 5.32 Å². The van der Waals surface area contributed by atoms with Crippen LogP contribution in [0.3, 0.4) is 0 Å². The molecule has 0 bridgehead atoms. The van der Waals surface area contributed by atoms with Crippen LogP contribution in [-0.4, -0.2) is 43.9 Å². The molecular formula is C15H20ClNO4S. The second-order valence-electron chi connectivity index (χ2n) is 5.40. The fourth-order valence-corrected chi connectivity index (χ4v) is 4.78. The Morgan fingerprint density at radius 3 is 2.55 bits per heavy atom. The molecule has 1 heterocycles. The summed E-state index contributed by atoms with van der Waals surface area (Å²) in [6, 6.07) is 6.23. The standard InChI is InChI=1S/C15H20ClNO4S/c1-2-3-8-21-12-6-4-11(5-7-12)15(18)17-14-10-22(19,20)9-13(14)16/h4-7,13-14H,2-3,8-10H2,1H3,(H,17,18). The number of benzene rings is 1. The number of carbonyl (C=O) groups is 1. The summed E-state index contributed by atoms with van der Waals surface area (Å²) in [5, 5.41) is 2.10.